The number of rotatable bonds is 0. The van der Waals surface area contributed by atoms with E-state index < -0.39 is 0 Å². The summed E-state index contributed by atoms with van der Waals surface area (Å²) < 4.78 is 0. The SMILES string of the molecule is [CH2]c1nccc2c1[nH]c1ccccc12. The molecule has 0 fully saturated rings. The molecule has 3 rings (SSSR count). The summed E-state index contributed by atoms with van der Waals surface area (Å²) in [6.07, 6.45) is 1.80. The summed E-state index contributed by atoms with van der Waals surface area (Å²) in [4.78, 5) is 7.48. The lowest BCUT2D eigenvalue weighted by atomic mass is 10.2. The van der Waals surface area contributed by atoms with Gasteiger partial charge >= 0.3 is 0 Å². The Hall–Kier alpha value is -1.83. The van der Waals surface area contributed by atoms with Crippen LogP contribution in [-0.2, 0) is 0 Å². The van der Waals surface area contributed by atoms with Crippen molar-refractivity contribution in [2.24, 2.45) is 0 Å². The predicted molar refractivity (Wildman–Crippen MR) is 58.1 cm³/mol. The Kier molecular flexibility index (Phi) is 1.39. The first-order chi connectivity index (χ1) is 6.86. The van der Waals surface area contributed by atoms with Crippen LogP contribution in [0, 0.1) is 6.92 Å². The zero-order chi connectivity index (χ0) is 9.54. The molecule has 2 heteroatoms. The Labute approximate surface area is 81.6 Å². The van der Waals surface area contributed by atoms with Crippen LogP contribution in [0.1, 0.15) is 5.69 Å². The second-order valence-corrected chi connectivity index (χ2v) is 3.35. The van der Waals surface area contributed by atoms with E-state index in [-0.39, 0.29) is 0 Å². The molecule has 1 aromatic carbocycles. The van der Waals surface area contributed by atoms with E-state index in [1.807, 2.05) is 18.2 Å². The van der Waals surface area contributed by atoms with Crippen molar-refractivity contribution in [1.82, 2.24) is 9.97 Å². The Morgan fingerprint density at radius 1 is 1.07 bits per heavy atom. The van der Waals surface area contributed by atoms with E-state index in [0.717, 1.165) is 16.7 Å². The van der Waals surface area contributed by atoms with E-state index in [0.29, 0.717) is 0 Å². The average molecular weight is 181 g/mol. The van der Waals surface area contributed by atoms with Gasteiger partial charge in [0, 0.05) is 22.5 Å². The molecule has 1 radical (unpaired) electrons. The average Bonchev–Trinajstić information content (AvgIpc) is 2.59. The number of aromatic nitrogens is 2. The molecule has 0 amide bonds. The summed E-state index contributed by atoms with van der Waals surface area (Å²) >= 11 is 0. The van der Waals surface area contributed by atoms with Crippen LogP contribution in [0.25, 0.3) is 21.8 Å². The highest BCUT2D eigenvalue weighted by Gasteiger charge is 2.04. The van der Waals surface area contributed by atoms with Crippen molar-refractivity contribution in [2.75, 3.05) is 0 Å². The van der Waals surface area contributed by atoms with Crippen molar-refractivity contribution in [3.05, 3.63) is 49.1 Å². The third kappa shape index (κ3) is 0.880. The monoisotopic (exact) mass is 181 g/mol. The van der Waals surface area contributed by atoms with Gasteiger partial charge in [0.05, 0.1) is 11.2 Å². The lowest BCUT2D eigenvalue weighted by Crippen LogP contribution is -1.79. The fourth-order valence-corrected chi connectivity index (χ4v) is 1.83. The molecule has 2 nitrogen and oxygen atoms in total. The van der Waals surface area contributed by atoms with E-state index in [9.17, 15) is 0 Å². The fourth-order valence-electron chi connectivity index (χ4n) is 1.83. The van der Waals surface area contributed by atoms with Gasteiger partial charge in [0.2, 0.25) is 0 Å². The van der Waals surface area contributed by atoms with Crippen LogP contribution in [0.15, 0.2) is 36.5 Å². The van der Waals surface area contributed by atoms with Crippen LogP contribution in [0.5, 0.6) is 0 Å². The van der Waals surface area contributed by atoms with E-state index in [1.165, 1.54) is 10.8 Å². The smallest absolute Gasteiger partial charge is 0.0684 e. The zero-order valence-electron chi connectivity index (χ0n) is 7.62. The van der Waals surface area contributed by atoms with Gasteiger partial charge in [-0.1, -0.05) is 18.2 Å². The van der Waals surface area contributed by atoms with E-state index in [1.54, 1.807) is 6.20 Å². The molecule has 0 aliphatic rings. The number of para-hydroxylation sites is 1. The van der Waals surface area contributed by atoms with Crippen LogP contribution in [0.4, 0.5) is 0 Å². The van der Waals surface area contributed by atoms with Gasteiger partial charge in [-0.3, -0.25) is 4.98 Å². The molecule has 2 heterocycles. The van der Waals surface area contributed by atoms with Crippen LogP contribution in [0.3, 0.4) is 0 Å². The molecule has 0 saturated carbocycles. The van der Waals surface area contributed by atoms with E-state index in [4.69, 9.17) is 0 Å². The van der Waals surface area contributed by atoms with E-state index >= 15 is 0 Å². The second-order valence-electron chi connectivity index (χ2n) is 3.35. The highest BCUT2D eigenvalue weighted by Crippen LogP contribution is 2.25. The molecule has 1 N–H and O–H groups in total. The maximum atomic E-state index is 4.16. The summed E-state index contributed by atoms with van der Waals surface area (Å²) in [5.41, 5.74) is 2.98. The molecule has 14 heavy (non-hydrogen) atoms. The largest absolute Gasteiger partial charge is 0.353 e. The number of nitrogens with one attached hydrogen (secondary N) is 1. The highest BCUT2D eigenvalue weighted by atomic mass is 14.8. The molecular formula is C12H9N2. The topological polar surface area (TPSA) is 28.7 Å². The molecule has 0 unspecified atom stereocenters. The molecule has 67 valence electrons. The number of benzene rings is 1. The summed E-state index contributed by atoms with van der Waals surface area (Å²) in [6, 6.07) is 10.2. The quantitative estimate of drug-likeness (QED) is 0.567. The number of pyridine rings is 1. The summed E-state index contributed by atoms with van der Waals surface area (Å²) in [7, 11) is 0. The van der Waals surface area contributed by atoms with E-state index in [2.05, 4.69) is 29.0 Å². The number of H-pyrrole nitrogens is 1. The third-order valence-electron chi connectivity index (χ3n) is 2.51. The lowest BCUT2D eigenvalue weighted by Gasteiger charge is -1.92. The summed E-state index contributed by atoms with van der Waals surface area (Å²) in [5.74, 6) is 0. The zero-order valence-corrected chi connectivity index (χ0v) is 7.62. The number of nitrogens with zero attached hydrogens (tertiary/aromatic N) is 1. The lowest BCUT2D eigenvalue weighted by molar-refractivity contribution is 1.29. The standard InChI is InChI=1S/C12H9N2/c1-8-12-10(6-7-13-8)9-4-2-3-5-11(9)14-12/h2-7,14H,1H2. The second kappa shape index (κ2) is 2.58. The number of aromatic amines is 1. The first-order valence-electron chi connectivity index (χ1n) is 4.53. The van der Waals surface area contributed by atoms with Gasteiger partial charge in [0.25, 0.3) is 0 Å². The molecule has 0 bridgehead atoms. The molecular weight excluding hydrogens is 172 g/mol. The maximum absolute atomic E-state index is 4.16. The van der Waals surface area contributed by atoms with Crippen molar-refractivity contribution in [3.8, 4) is 0 Å². The van der Waals surface area contributed by atoms with Gasteiger partial charge in [-0.2, -0.15) is 0 Å². The van der Waals surface area contributed by atoms with Crippen molar-refractivity contribution in [2.45, 2.75) is 0 Å². The molecule has 0 atom stereocenters. The number of hydrogen-bond donors (Lipinski definition) is 1. The van der Waals surface area contributed by atoms with Gasteiger partial charge in [-0.25, -0.2) is 0 Å². The van der Waals surface area contributed by atoms with Crippen molar-refractivity contribution < 1.29 is 0 Å². The van der Waals surface area contributed by atoms with Gasteiger partial charge in [0.15, 0.2) is 0 Å². The van der Waals surface area contributed by atoms with Crippen LogP contribution < -0.4 is 0 Å². The van der Waals surface area contributed by atoms with Gasteiger partial charge in [0.1, 0.15) is 0 Å². The predicted octanol–water partition coefficient (Wildman–Crippen LogP) is 2.90. The number of hydrogen-bond acceptors (Lipinski definition) is 1. The minimum absolute atomic E-state index is 0.804. The van der Waals surface area contributed by atoms with Crippen molar-refractivity contribution >= 4 is 21.8 Å². The number of fused-ring (bicyclic) bond motifs is 3. The third-order valence-corrected chi connectivity index (χ3v) is 2.51. The Morgan fingerprint density at radius 2 is 1.93 bits per heavy atom. The first-order valence-corrected chi connectivity index (χ1v) is 4.53. The van der Waals surface area contributed by atoms with Gasteiger partial charge < -0.3 is 4.98 Å². The Balaban J connectivity index is 2.63. The summed E-state index contributed by atoms with van der Waals surface area (Å²) in [5, 5.41) is 2.43. The molecule has 2 aromatic heterocycles. The molecule has 0 spiro atoms. The maximum Gasteiger partial charge on any atom is 0.0684 e. The van der Waals surface area contributed by atoms with Gasteiger partial charge in [-0.15, -0.1) is 0 Å². The van der Waals surface area contributed by atoms with Crippen LogP contribution in [0.2, 0.25) is 0 Å². The molecule has 3 aromatic rings. The molecule has 0 saturated heterocycles. The summed E-state index contributed by atoms with van der Waals surface area (Å²) in [6.45, 7) is 3.90. The highest BCUT2D eigenvalue weighted by molar-refractivity contribution is 6.07. The van der Waals surface area contributed by atoms with Gasteiger partial charge in [-0.05, 0) is 19.1 Å². The normalized spacial score (nSPS) is 11.2. The molecule has 0 aliphatic carbocycles. The Bertz CT molecular complexity index is 608. The molecule has 0 aliphatic heterocycles. The van der Waals surface area contributed by atoms with Crippen LogP contribution >= 0.6 is 0 Å². The minimum atomic E-state index is 0.804. The Morgan fingerprint density at radius 3 is 2.86 bits per heavy atom. The van der Waals surface area contributed by atoms with Crippen LogP contribution in [-0.4, -0.2) is 9.97 Å². The van der Waals surface area contributed by atoms with Crippen molar-refractivity contribution in [3.63, 3.8) is 0 Å². The van der Waals surface area contributed by atoms with Crippen molar-refractivity contribution in [1.29, 1.82) is 0 Å². The minimum Gasteiger partial charge on any atom is -0.353 e. The fraction of sp³-hybridized carbons (Fsp3) is 0. The first kappa shape index (κ1) is 7.56.